The van der Waals surface area contributed by atoms with Crippen LogP contribution < -0.4 is 5.32 Å². The molecule has 1 heterocycles. The average Bonchev–Trinajstić information content (AvgIpc) is 2.58. The van der Waals surface area contributed by atoms with Gasteiger partial charge in [0.05, 0.1) is 5.69 Å². The summed E-state index contributed by atoms with van der Waals surface area (Å²) in [5.41, 5.74) is 2.51. The lowest BCUT2D eigenvalue weighted by Gasteiger charge is -2.18. The Labute approximate surface area is 106 Å². The van der Waals surface area contributed by atoms with Crippen LogP contribution >= 0.6 is 0 Å². The van der Waals surface area contributed by atoms with Gasteiger partial charge < -0.3 is 5.32 Å². The summed E-state index contributed by atoms with van der Waals surface area (Å²) in [5, 5.41) is 7.97. The molecular weight excluding hydrogens is 210 g/mol. The summed E-state index contributed by atoms with van der Waals surface area (Å²) in [7, 11) is 0. The third kappa shape index (κ3) is 4.50. The van der Waals surface area contributed by atoms with E-state index in [4.69, 9.17) is 0 Å². The second-order valence-corrected chi connectivity index (χ2v) is 5.10. The predicted octanol–water partition coefficient (Wildman–Crippen LogP) is 2.78. The van der Waals surface area contributed by atoms with Gasteiger partial charge in [-0.05, 0) is 52.1 Å². The number of rotatable bonds is 7. The molecule has 0 fully saturated rings. The fourth-order valence-electron chi connectivity index (χ4n) is 2.51. The van der Waals surface area contributed by atoms with Crippen LogP contribution in [-0.4, -0.2) is 22.4 Å². The summed E-state index contributed by atoms with van der Waals surface area (Å²) in [4.78, 5) is 0. The maximum atomic E-state index is 4.50. The highest BCUT2D eigenvalue weighted by molar-refractivity contribution is 5.09. The van der Waals surface area contributed by atoms with Crippen molar-refractivity contribution in [3.8, 4) is 0 Å². The molecule has 2 atom stereocenters. The van der Waals surface area contributed by atoms with E-state index in [1.165, 1.54) is 12.1 Å². The van der Waals surface area contributed by atoms with Crippen molar-refractivity contribution < 1.29 is 0 Å². The van der Waals surface area contributed by atoms with Gasteiger partial charge in [0.1, 0.15) is 0 Å². The summed E-state index contributed by atoms with van der Waals surface area (Å²) in [6.07, 6.45) is 2.35. The van der Waals surface area contributed by atoms with Crippen LogP contribution in [0.4, 0.5) is 0 Å². The monoisotopic (exact) mass is 237 g/mol. The minimum absolute atomic E-state index is 0.606. The third-order valence-corrected chi connectivity index (χ3v) is 3.15. The first kappa shape index (κ1) is 14.2. The summed E-state index contributed by atoms with van der Waals surface area (Å²) < 4.78 is 2.13. The lowest BCUT2D eigenvalue weighted by Crippen LogP contribution is -2.28. The van der Waals surface area contributed by atoms with E-state index in [9.17, 15) is 0 Å². The summed E-state index contributed by atoms with van der Waals surface area (Å²) in [5.74, 6) is 0.699. The first-order chi connectivity index (χ1) is 8.06. The molecule has 0 bridgehead atoms. The molecule has 1 aromatic rings. The highest BCUT2D eigenvalue weighted by Crippen LogP contribution is 2.15. The second kappa shape index (κ2) is 6.80. The van der Waals surface area contributed by atoms with Crippen LogP contribution in [0.5, 0.6) is 0 Å². The number of aromatic nitrogens is 2. The lowest BCUT2D eigenvalue weighted by molar-refractivity contribution is 0.416. The maximum absolute atomic E-state index is 4.50. The van der Waals surface area contributed by atoms with Crippen molar-refractivity contribution in [3.05, 3.63) is 17.5 Å². The van der Waals surface area contributed by atoms with Crippen molar-refractivity contribution in [1.29, 1.82) is 0 Å². The van der Waals surface area contributed by atoms with Crippen LogP contribution in [0.2, 0.25) is 0 Å². The standard InChI is InChI=1S/C14H27N3/c1-6-15-12(4)8-11(3)9-14-10-13(5)16-17(14)7-2/h10-12,15H,6-9H2,1-5H3. The van der Waals surface area contributed by atoms with Crippen molar-refractivity contribution in [2.75, 3.05) is 6.54 Å². The topological polar surface area (TPSA) is 29.9 Å². The van der Waals surface area contributed by atoms with Gasteiger partial charge in [-0.25, -0.2) is 0 Å². The average molecular weight is 237 g/mol. The zero-order valence-corrected chi connectivity index (χ0v) is 12.0. The molecule has 0 aromatic carbocycles. The molecule has 1 aromatic heterocycles. The first-order valence-electron chi connectivity index (χ1n) is 6.83. The van der Waals surface area contributed by atoms with Crippen molar-refractivity contribution in [3.63, 3.8) is 0 Å². The van der Waals surface area contributed by atoms with Gasteiger partial charge in [0, 0.05) is 18.3 Å². The van der Waals surface area contributed by atoms with Gasteiger partial charge in [-0.15, -0.1) is 0 Å². The van der Waals surface area contributed by atoms with Crippen LogP contribution in [0.1, 0.15) is 45.5 Å². The van der Waals surface area contributed by atoms with E-state index < -0.39 is 0 Å². The zero-order valence-electron chi connectivity index (χ0n) is 12.0. The molecule has 2 unspecified atom stereocenters. The minimum atomic E-state index is 0.606. The van der Waals surface area contributed by atoms with Crippen LogP contribution in [0.25, 0.3) is 0 Å². The molecule has 3 nitrogen and oxygen atoms in total. The molecule has 0 saturated carbocycles. The molecule has 0 aliphatic carbocycles. The molecule has 0 saturated heterocycles. The number of nitrogens with zero attached hydrogens (tertiary/aromatic N) is 2. The Balaban J connectivity index is 2.52. The Hall–Kier alpha value is -0.830. The molecular formula is C14H27N3. The number of aryl methyl sites for hydroxylation is 2. The predicted molar refractivity (Wildman–Crippen MR) is 73.3 cm³/mol. The largest absolute Gasteiger partial charge is 0.315 e. The van der Waals surface area contributed by atoms with E-state index in [2.05, 4.69) is 55.8 Å². The van der Waals surface area contributed by atoms with Crippen LogP contribution in [-0.2, 0) is 13.0 Å². The molecule has 0 aliphatic heterocycles. The Morgan fingerprint density at radius 3 is 2.65 bits per heavy atom. The minimum Gasteiger partial charge on any atom is -0.315 e. The van der Waals surface area contributed by atoms with Gasteiger partial charge in [0.15, 0.2) is 0 Å². The first-order valence-corrected chi connectivity index (χ1v) is 6.83. The van der Waals surface area contributed by atoms with Crippen LogP contribution in [0.15, 0.2) is 6.07 Å². The van der Waals surface area contributed by atoms with Gasteiger partial charge in [-0.3, -0.25) is 4.68 Å². The fraction of sp³-hybridized carbons (Fsp3) is 0.786. The molecule has 1 rings (SSSR count). The van der Waals surface area contributed by atoms with Gasteiger partial charge in [0.25, 0.3) is 0 Å². The van der Waals surface area contributed by atoms with E-state index >= 15 is 0 Å². The van der Waals surface area contributed by atoms with Crippen molar-refractivity contribution in [2.45, 2.75) is 60.0 Å². The Morgan fingerprint density at radius 2 is 2.06 bits per heavy atom. The van der Waals surface area contributed by atoms with E-state index in [0.717, 1.165) is 25.2 Å². The number of hydrogen-bond donors (Lipinski definition) is 1. The molecule has 1 N–H and O–H groups in total. The molecule has 0 spiro atoms. The summed E-state index contributed by atoms with van der Waals surface area (Å²) in [6.45, 7) is 13.0. The molecule has 98 valence electrons. The lowest BCUT2D eigenvalue weighted by atomic mass is 9.97. The molecule has 0 aliphatic rings. The molecule has 0 radical (unpaired) electrons. The Morgan fingerprint density at radius 1 is 1.35 bits per heavy atom. The van der Waals surface area contributed by atoms with E-state index in [0.29, 0.717) is 12.0 Å². The quantitative estimate of drug-likeness (QED) is 0.790. The second-order valence-electron chi connectivity index (χ2n) is 5.10. The van der Waals surface area contributed by atoms with E-state index in [1.807, 2.05) is 0 Å². The molecule has 17 heavy (non-hydrogen) atoms. The Kier molecular flexibility index (Phi) is 5.69. The SMILES string of the molecule is CCNC(C)CC(C)Cc1cc(C)nn1CC. The number of nitrogens with one attached hydrogen (secondary N) is 1. The van der Waals surface area contributed by atoms with Crippen LogP contribution in [0, 0.1) is 12.8 Å². The highest BCUT2D eigenvalue weighted by Gasteiger charge is 2.12. The van der Waals surface area contributed by atoms with E-state index in [-0.39, 0.29) is 0 Å². The summed E-state index contributed by atoms with van der Waals surface area (Å²) >= 11 is 0. The van der Waals surface area contributed by atoms with E-state index in [1.54, 1.807) is 0 Å². The zero-order chi connectivity index (χ0) is 12.8. The third-order valence-electron chi connectivity index (χ3n) is 3.15. The number of hydrogen-bond acceptors (Lipinski definition) is 2. The van der Waals surface area contributed by atoms with Crippen molar-refractivity contribution in [2.24, 2.45) is 5.92 Å². The Bertz CT molecular complexity index is 330. The maximum Gasteiger partial charge on any atom is 0.0596 e. The van der Waals surface area contributed by atoms with Crippen molar-refractivity contribution >= 4 is 0 Å². The molecule has 3 heteroatoms. The van der Waals surface area contributed by atoms with Crippen molar-refractivity contribution in [1.82, 2.24) is 15.1 Å². The van der Waals surface area contributed by atoms with Gasteiger partial charge in [-0.1, -0.05) is 13.8 Å². The van der Waals surface area contributed by atoms with Gasteiger partial charge in [-0.2, -0.15) is 5.10 Å². The molecule has 0 amide bonds. The normalized spacial score (nSPS) is 14.9. The highest BCUT2D eigenvalue weighted by atomic mass is 15.3. The fourth-order valence-corrected chi connectivity index (χ4v) is 2.51. The smallest absolute Gasteiger partial charge is 0.0596 e. The van der Waals surface area contributed by atoms with Gasteiger partial charge >= 0.3 is 0 Å². The van der Waals surface area contributed by atoms with Gasteiger partial charge in [0.2, 0.25) is 0 Å². The van der Waals surface area contributed by atoms with Crippen LogP contribution in [0.3, 0.4) is 0 Å². The summed E-state index contributed by atoms with van der Waals surface area (Å²) in [6, 6.07) is 2.83.